The molecule has 2 heterocycles. The molecule has 1 atom stereocenters. The Morgan fingerprint density at radius 1 is 1.55 bits per heavy atom. The van der Waals surface area contributed by atoms with Gasteiger partial charge in [-0.2, -0.15) is 0 Å². The van der Waals surface area contributed by atoms with E-state index in [1.807, 2.05) is 22.9 Å². The van der Waals surface area contributed by atoms with Gasteiger partial charge < -0.3 is 10.4 Å². The van der Waals surface area contributed by atoms with Crippen LogP contribution in [-0.4, -0.2) is 32.9 Å². The molecule has 108 valence electrons. The van der Waals surface area contributed by atoms with E-state index in [0.717, 1.165) is 17.1 Å². The highest BCUT2D eigenvalue weighted by molar-refractivity contribution is 7.15. The molecule has 0 aliphatic heterocycles. The number of nitrogens with zero attached hydrogens (tertiary/aromatic N) is 2. The summed E-state index contributed by atoms with van der Waals surface area (Å²) in [5.74, 6) is -1.54. The van der Waals surface area contributed by atoms with Gasteiger partial charge in [-0.05, 0) is 6.42 Å². The molecule has 0 saturated carbocycles. The van der Waals surface area contributed by atoms with E-state index in [4.69, 9.17) is 5.11 Å². The van der Waals surface area contributed by atoms with Crippen molar-refractivity contribution in [2.75, 3.05) is 6.54 Å². The molecule has 0 aliphatic rings. The second-order valence-corrected chi connectivity index (χ2v) is 5.45. The van der Waals surface area contributed by atoms with Crippen LogP contribution in [0.3, 0.4) is 0 Å². The molecule has 0 radical (unpaired) electrons. The monoisotopic (exact) mass is 295 g/mol. The van der Waals surface area contributed by atoms with E-state index >= 15 is 0 Å². The molecule has 1 unspecified atom stereocenters. The second-order valence-electron chi connectivity index (χ2n) is 4.61. The minimum absolute atomic E-state index is 0.166. The molecule has 0 aliphatic carbocycles. The number of carbonyl (C=O) groups is 2. The van der Waals surface area contributed by atoms with Gasteiger partial charge in [0.1, 0.15) is 0 Å². The Hall–Kier alpha value is -1.89. The molecule has 0 aromatic carbocycles. The van der Waals surface area contributed by atoms with Crippen LogP contribution in [0.4, 0.5) is 0 Å². The van der Waals surface area contributed by atoms with Gasteiger partial charge in [-0.1, -0.05) is 13.3 Å². The number of thiazole rings is 1. The zero-order chi connectivity index (χ0) is 14.5. The molecule has 2 rings (SSSR count). The van der Waals surface area contributed by atoms with Crippen molar-refractivity contribution in [2.45, 2.75) is 26.2 Å². The van der Waals surface area contributed by atoms with Crippen molar-refractivity contribution < 1.29 is 14.7 Å². The van der Waals surface area contributed by atoms with Crippen molar-refractivity contribution in [3.05, 3.63) is 23.5 Å². The van der Waals surface area contributed by atoms with Gasteiger partial charge in [0.25, 0.3) is 0 Å². The fourth-order valence-electron chi connectivity index (χ4n) is 2.03. The number of aromatic nitrogens is 2. The van der Waals surface area contributed by atoms with E-state index in [1.165, 1.54) is 11.3 Å². The lowest BCUT2D eigenvalue weighted by molar-refractivity contribution is -0.141. The maximum absolute atomic E-state index is 11.9. The van der Waals surface area contributed by atoms with Crippen molar-refractivity contribution in [1.29, 1.82) is 0 Å². The average molecular weight is 295 g/mol. The van der Waals surface area contributed by atoms with Gasteiger partial charge in [-0.3, -0.25) is 14.0 Å². The summed E-state index contributed by atoms with van der Waals surface area (Å²) in [5, 5.41) is 13.6. The maximum Gasteiger partial charge on any atom is 0.308 e. The molecule has 2 aromatic rings. The van der Waals surface area contributed by atoms with Crippen LogP contribution in [0.2, 0.25) is 0 Å². The summed E-state index contributed by atoms with van der Waals surface area (Å²) in [5.41, 5.74) is 0.863. The minimum atomic E-state index is -0.861. The number of amides is 1. The van der Waals surface area contributed by atoms with Crippen molar-refractivity contribution in [3.8, 4) is 0 Å². The van der Waals surface area contributed by atoms with E-state index in [-0.39, 0.29) is 18.9 Å². The first-order chi connectivity index (χ1) is 9.61. The van der Waals surface area contributed by atoms with Crippen LogP contribution in [-0.2, 0) is 16.0 Å². The standard InChI is InChI=1S/C13H17N3O3S/c1-2-3-9(12(18)19)7-15-11(17)6-10-8-20-13-14-4-5-16(10)13/h4-5,8-9H,2-3,6-7H2,1H3,(H,15,17)(H,18,19). The van der Waals surface area contributed by atoms with E-state index in [9.17, 15) is 9.59 Å². The zero-order valence-corrected chi connectivity index (χ0v) is 12.0. The van der Waals surface area contributed by atoms with Crippen LogP contribution in [0.15, 0.2) is 17.8 Å². The lowest BCUT2D eigenvalue weighted by Gasteiger charge is -2.12. The number of nitrogens with one attached hydrogen (secondary N) is 1. The van der Waals surface area contributed by atoms with Gasteiger partial charge in [0.15, 0.2) is 4.96 Å². The zero-order valence-electron chi connectivity index (χ0n) is 11.2. The summed E-state index contributed by atoms with van der Waals surface area (Å²) < 4.78 is 1.87. The smallest absolute Gasteiger partial charge is 0.308 e. The molecule has 0 fully saturated rings. The first-order valence-corrected chi connectivity index (χ1v) is 7.38. The number of rotatable bonds is 7. The van der Waals surface area contributed by atoms with Gasteiger partial charge in [-0.15, -0.1) is 11.3 Å². The number of hydrogen-bond acceptors (Lipinski definition) is 4. The number of carboxylic acids is 1. The Morgan fingerprint density at radius 3 is 3.05 bits per heavy atom. The lowest BCUT2D eigenvalue weighted by atomic mass is 10.0. The van der Waals surface area contributed by atoms with Gasteiger partial charge in [0.05, 0.1) is 12.3 Å². The van der Waals surface area contributed by atoms with Crippen molar-refractivity contribution >= 4 is 28.2 Å². The van der Waals surface area contributed by atoms with Crippen molar-refractivity contribution in [2.24, 2.45) is 5.92 Å². The highest BCUT2D eigenvalue weighted by Gasteiger charge is 2.17. The quantitative estimate of drug-likeness (QED) is 0.812. The second kappa shape index (κ2) is 6.51. The van der Waals surface area contributed by atoms with E-state index < -0.39 is 11.9 Å². The summed E-state index contributed by atoms with van der Waals surface area (Å²) >= 11 is 1.48. The topological polar surface area (TPSA) is 83.7 Å². The third-order valence-electron chi connectivity index (χ3n) is 3.09. The van der Waals surface area contributed by atoms with E-state index in [1.54, 1.807) is 6.20 Å². The van der Waals surface area contributed by atoms with Crippen molar-refractivity contribution in [1.82, 2.24) is 14.7 Å². The average Bonchev–Trinajstić information content (AvgIpc) is 2.99. The molecule has 7 heteroatoms. The number of aliphatic carboxylic acids is 1. The SMILES string of the molecule is CCCC(CNC(=O)Cc1csc2nccn12)C(=O)O. The summed E-state index contributed by atoms with van der Waals surface area (Å²) in [4.78, 5) is 27.9. The molecule has 0 spiro atoms. The third kappa shape index (κ3) is 3.36. The normalized spacial score (nSPS) is 12.4. The van der Waals surface area contributed by atoms with Crippen LogP contribution in [0.5, 0.6) is 0 Å². The Labute approximate surface area is 120 Å². The van der Waals surface area contributed by atoms with Gasteiger partial charge in [-0.25, -0.2) is 4.98 Å². The maximum atomic E-state index is 11.9. The van der Waals surface area contributed by atoms with Crippen LogP contribution in [0.1, 0.15) is 25.5 Å². The third-order valence-corrected chi connectivity index (χ3v) is 3.99. The minimum Gasteiger partial charge on any atom is -0.481 e. The lowest BCUT2D eigenvalue weighted by Crippen LogP contribution is -2.34. The first kappa shape index (κ1) is 14.5. The van der Waals surface area contributed by atoms with Crippen LogP contribution >= 0.6 is 11.3 Å². The summed E-state index contributed by atoms with van der Waals surface area (Å²) in [6.07, 6.45) is 5.09. The molecular weight excluding hydrogens is 278 g/mol. The molecule has 6 nitrogen and oxygen atoms in total. The fourth-order valence-corrected chi connectivity index (χ4v) is 2.88. The van der Waals surface area contributed by atoms with Gasteiger partial charge >= 0.3 is 5.97 Å². The molecule has 0 saturated heterocycles. The number of hydrogen-bond donors (Lipinski definition) is 2. The van der Waals surface area contributed by atoms with E-state index in [2.05, 4.69) is 10.3 Å². The molecule has 0 bridgehead atoms. The Bertz CT molecular complexity index is 605. The highest BCUT2D eigenvalue weighted by Crippen LogP contribution is 2.14. The fraction of sp³-hybridized carbons (Fsp3) is 0.462. The molecule has 2 N–H and O–H groups in total. The summed E-state index contributed by atoms with van der Waals surface area (Å²) in [7, 11) is 0. The molecule has 1 amide bonds. The van der Waals surface area contributed by atoms with Crippen LogP contribution in [0, 0.1) is 5.92 Å². The predicted octanol–water partition coefficient (Wildman–Crippen LogP) is 1.56. The summed E-state index contributed by atoms with van der Waals surface area (Å²) in [6, 6.07) is 0. The first-order valence-electron chi connectivity index (χ1n) is 6.50. The van der Waals surface area contributed by atoms with E-state index in [0.29, 0.717) is 6.42 Å². The highest BCUT2D eigenvalue weighted by atomic mass is 32.1. The summed E-state index contributed by atoms with van der Waals surface area (Å²) in [6.45, 7) is 2.11. The largest absolute Gasteiger partial charge is 0.481 e. The van der Waals surface area contributed by atoms with Crippen LogP contribution in [0.25, 0.3) is 4.96 Å². The number of imidazole rings is 1. The van der Waals surface area contributed by atoms with Crippen molar-refractivity contribution in [3.63, 3.8) is 0 Å². The Kier molecular flexibility index (Phi) is 4.73. The number of carboxylic acid groups (broad SMARTS) is 1. The van der Waals surface area contributed by atoms with Gasteiger partial charge in [0, 0.05) is 30.0 Å². The molecule has 20 heavy (non-hydrogen) atoms. The number of fused-ring (bicyclic) bond motifs is 1. The predicted molar refractivity (Wildman–Crippen MR) is 75.8 cm³/mol. The molecular formula is C13H17N3O3S. The number of carbonyl (C=O) groups excluding carboxylic acids is 1. The van der Waals surface area contributed by atoms with Gasteiger partial charge in [0.2, 0.25) is 5.91 Å². The molecule has 2 aromatic heterocycles. The van der Waals surface area contributed by atoms with Crippen LogP contribution < -0.4 is 5.32 Å². The Morgan fingerprint density at radius 2 is 2.35 bits per heavy atom. The Balaban J connectivity index is 1.89.